The second-order valence-corrected chi connectivity index (χ2v) is 6.24. The third-order valence-corrected chi connectivity index (χ3v) is 3.22. The molecule has 0 saturated heterocycles. The Hall–Kier alpha value is -2.02. The van der Waals surface area contributed by atoms with E-state index in [1.165, 1.54) is 12.1 Å². The van der Waals surface area contributed by atoms with Gasteiger partial charge in [-0.15, -0.1) is 0 Å². The third-order valence-electron chi connectivity index (χ3n) is 1.70. The van der Waals surface area contributed by atoms with Gasteiger partial charge in [-0.25, -0.2) is 4.79 Å². The Kier molecular flexibility index (Phi) is 6.44. The van der Waals surface area contributed by atoms with Crippen LogP contribution in [0.1, 0.15) is 10.4 Å². The number of carboxylic acid groups (broad SMARTS) is 2. The number of aromatic carboxylic acids is 1. The molecule has 21 heavy (non-hydrogen) atoms. The van der Waals surface area contributed by atoms with Gasteiger partial charge in [-0.3, -0.25) is 13.9 Å². The van der Waals surface area contributed by atoms with Crippen LogP contribution in [0.2, 0.25) is 0 Å². The van der Waals surface area contributed by atoms with Gasteiger partial charge >= 0.3 is 11.9 Å². The predicted molar refractivity (Wildman–Crippen MR) is 67.3 cm³/mol. The highest BCUT2D eigenvalue weighted by Crippen LogP contribution is 2.14. The van der Waals surface area contributed by atoms with Gasteiger partial charge in [-0.05, 0) is 12.1 Å². The summed E-state index contributed by atoms with van der Waals surface area (Å²) >= 11 is 0. The van der Waals surface area contributed by atoms with E-state index in [0.29, 0.717) is 0 Å². The van der Waals surface area contributed by atoms with Crippen LogP contribution >= 0.6 is 0 Å². The first kappa shape index (κ1) is 19.0. The number of hydrogen-bond acceptors (Lipinski definition) is 6. The van der Waals surface area contributed by atoms with Gasteiger partial charge in [0, 0.05) is 0 Å². The highest BCUT2D eigenvalue weighted by Gasteiger charge is 2.18. The van der Waals surface area contributed by atoms with Gasteiger partial charge in [0.15, 0.2) is 5.75 Å². The fourth-order valence-electron chi connectivity index (χ4n) is 1.02. The van der Waals surface area contributed by atoms with Crippen molar-refractivity contribution in [2.24, 2.45) is 0 Å². The molecule has 1 aromatic rings. The van der Waals surface area contributed by atoms with Crippen molar-refractivity contribution in [3.8, 4) is 0 Å². The van der Waals surface area contributed by atoms with E-state index >= 15 is 0 Å². The lowest BCUT2D eigenvalue weighted by molar-refractivity contribution is -0.134. The summed E-state index contributed by atoms with van der Waals surface area (Å²) in [5, 5.41) is 16.3. The van der Waals surface area contributed by atoms with E-state index in [2.05, 4.69) is 0 Å². The van der Waals surface area contributed by atoms with Crippen molar-refractivity contribution in [3.05, 3.63) is 29.8 Å². The first-order valence-electron chi connectivity index (χ1n) is 4.81. The number of rotatable bonds is 4. The highest BCUT2D eigenvalue weighted by atomic mass is 32.2. The predicted octanol–water partition coefficient (Wildman–Crippen LogP) is -0.410. The number of carbonyl (C=O) groups is 2. The average molecular weight is 342 g/mol. The first-order valence-corrected chi connectivity index (χ1v) is 7.86. The summed E-state index contributed by atoms with van der Waals surface area (Å²) in [6.07, 6.45) is 0. The SMILES string of the molecule is O=C(O)CS(=O)(=O)O.O=C(O)c1ccccc1S(=O)(=O)O. The molecule has 4 N–H and O–H groups in total. The number of carboxylic acids is 2. The van der Waals surface area contributed by atoms with Crippen molar-refractivity contribution in [1.29, 1.82) is 0 Å². The number of aliphatic carboxylic acids is 1. The van der Waals surface area contributed by atoms with E-state index in [0.717, 1.165) is 12.1 Å². The minimum atomic E-state index is -4.46. The van der Waals surface area contributed by atoms with E-state index in [1.807, 2.05) is 0 Å². The Bertz CT molecular complexity index is 732. The standard InChI is InChI=1S/C7H6O5S.C2H4O5S/c8-7(9)5-3-1-2-4-6(5)13(10,11)12;3-2(4)1-8(5,6)7/h1-4H,(H,8,9)(H,10,11,12);1H2,(H,3,4)(H,5,6,7). The van der Waals surface area contributed by atoms with Crippen molar-refractivity contribution >= 4 is 32.2 Å². The van der Waals surface area contributed by atoms with Crippen LogP contribution in [0.25, 0.3) is 0 Å². The van der Waals surface area contributed by atoms with Gasteiger partial charge < -0.3 is 10.2 Å². The lowest BCUT2D eigenvalue weighted by Gasteiger charge is -2.00. The van der Waals surface area contributed by atoms with Gasteiger partial charge in [0.1, 0.15) is 4.90 Å². The van der Waals surface area contributed by atoms with E-state index < -0.39 is 48.4 Å². The average Bonchev–Trinajstić information content (AvgIpc) is 2.25. The molecule has 12 heteroatoms. The Morgan fingerprint density at radius 3 is 1.67 bits per heavy atom. The zero-order valence-corrected chi connectivity index (χ0v) is 11.7. The van der Waals surface area contributed by atoms with E-state index in [4.69, 9.17) is 19.3 Å². The minimum Gasteiger partial charge on any atom is -0.480 e. The Morgan fingerprint density at radius 1 is 0.952 bits per heavy atom. The summed E-state index contributed by atoms with van der Waals surface area (Å²) < 4.78 is 56.9. The zero-order valence-electron chi connectivity index (χ0n) is 10.1. The molecule has 0 aliphatic heterocycles. The summed E-state index contributed by atoms with van der Waals surface area (Å²) in [5.74, 6) is -4.19. The van der Waals surface area contributed by atoms with Crippen molar-refractivity contribution in [1.82, 2.24) is 0 Å². The third kappa shape index (κ3) is 7.98. The van der Waals surface area contributed by atoms with Crippen LogP contribution in [-0.2, 0) is 25.0 Å². The van der Waals surface area contributed by atoms with E-state index in [-0.39, 0.29) is 0 Å². The normalized spacial score (nSPS) is 11.1. The molecule has 0 bridgehead atoms. The molecule has 0 amide bonds. The lowest BCUT2D eigenvalue weighted by Crippen LogP contribution is -2.13. The zero-order chi connectivity index (χ0) is 16.8. The fourth-order valence-corrected chi connectivity index (χ4v) is 2.02. The monoisotopic (exact) mass is 342 g/mol. The molecule has 10 nitrogen and oxygen atoms in total. The Labute approximate surface area is 119 Å². The van der Waals surface area contributed by atoms with Crippen molar-refractivity contribution in [2.75, 3.05) is 5.75 Å². The van der Waals surface area contributed by atoms with Gasteiger partial charge in [0.2, 0.25) is 0 Å². The minimum absolute atomic E-state index is 0.440. The molecule has 0 saturated carbocycles. The van der Waals surface area contributed by atoms with Crippen LogP contribution < -0.4 is 0 Å². The topological polar surface area (TPSA) is 183 Å². The highest BCUT2D eigenvalue weighted by molar-refractivity contribution is 7.86. The van der Waals surface area contributed by atoms with Crippen molar-refractivity contribution in [3.63, 3.8) is 0 Å². The molecule has 118 valence electrons. The summed E-state index contributed by atoms with van der Waals surface area (Å²) in [7, 11) is -8.78. The van der Waals surface area contributed by atoms with Crippen LogP contribution in [0.4, 0.5) is 0 Å². The largest absolute Gasteiger partial charge is 0.480 e. The molecular weight excluding hydrogens is 332 g/mol. The summed E-state index contributed by atoms with van der Waals surface area (Å²) in [6, 6.07) is 4.83. The summed E-state index contributed by atoms with van der Waals surface area (Å²) in [6.45, 7) is 0. The molecular formula is C9H10O10S2. The van der Waals surface area contributed by atoms with Crippen LogP contribution in [0.15, 0.2) is 29.2 Å². The maximum Gasteiger partial charge on any atom is 0.337 e. The van der Waals surface area contributed by atoms with Crippen molar-refractivity contribution in [2.45, 2.75) is 4.90 Å². The Morgan fingerprint density at radius 2 is 1.43 bits per heavy atom. The molecule has 0 radical (unpaired) electrons. The van der Waals surface area contributed by atoms with Gasteiger partial charge in [-0.1, -0.05) is 12.1 Å². The molecule has 0 atom stereocenters. The second-order valence-electron chi connectivity index (χ2n) is 3.40. The molecule has 0 unspecified atom stereocenters. The number of hydrogen-bond donors (Lipinski definition) is 4. The molecule has 0 aliphatic carbocycles. The maximum absolute atomic E-state index is 10.7. The van der Waals surface area contributed by atoms with Gasteiger partial charge in [0.05, 0.1) is 5.56 Å². The Balaban J connectivity index is 0.000000433. The molecule has 0 spiro atoms. The summed E-state index contributed by atoms with van der Waals surface area (Å²) in [4.78, 5) is 19.4. The smallest absolute Gasteiger partial charge is 0.337 e. The van der Waals surface area contributed by atoms with E-state index in [9.17, 15) is 26.4 Å². The second kappa shape index (κ2) is 7.12. The number of benzene rings is 1. The molecule has 1 rings (SSSR count). The van der Waals surface area contributed by atoms with Crippen LogP contribution in [0.3, 0.4) is 0 Å². The molecule has 0 fully saturated rings. The molecule has 0 aliphatic rings. The lowest BCUT2D eigenvalue weighted by atomic mass is 10.2. The van der Waals surface area contributed by atoms with E-state index in [1.54, 1.807) is 0 Å². The molecule has 0 aromatic heterocycles. The maximum atomic E-state index is 10.7. The quantitative estimate of drug-likeness (QED) is 0.524. The summed E-state index contributed by atoms with van der Waals surface area (Å²) in [5.41, 5.74) is -0.440. The fraction of sp³-hybridized carbons (Fsp3) is 0.111. The first-order chi connectivity index (χ1) is 9.34. The molecule has 0 heterocycles. The van der Waals surface area contributed by atoms with Gasteiger partial charge in [-0.2, -0.15) is 16.8 Å². The van der Waals surface area contributed by atoms with Crippen LogP contribution in [-0.4, -0.2) is 53.8 Å². The van der Waals surface area contributed by atoms with Crippen molar-refractivity contribution < 1.29 is 45.7 Å². The van der Waals surface area contributed by atoms with Crippen LogP contribution in [0.5, 0.6) is 0 Å². The molecule has 1 aromatic carbocycles. The van der Waals surface area contributed by atoms with Crippen LogP contribution in [0, 0.1) is 0 Å². The van der Waals surface area contributed by atoms with Gasteiger partial charge in [0.25, 0.3) is 20.2 Å².